The fourth-order valence-corrected chi connectivity index (χ4v) is 1.67. The molecule has 0 radical (unpaired) electrons. The lowest BCUT2D eigenvalue weighted by Crippen LogP contribution is -1.95. The fourth-order valence-electron chi connectivity index (χ4n) is 1.67. The average Bonchev–Trinajstić information content (AvgIpc) is 2.18. The van der Waals surface area contributed by atoms with E-state index < -0.39 is 0 Å². The summed E-state index contributed by atoms with van der Waals surface area (Å²) in [7, 11) is 0. The molecule has 1 nitrogen and oxygen atoms in total. The first kappa shape index (κ1) is 12.6. The van der Waals surface area contributed by atoms with E-state index in [4.69, 9.17) is 0 Å². The van der Waals surface area contributed by atoms with Gasteiger partial charge in [0.05, 0.1) is 0 Å². The molecule has 0 atom stereocenters. The average molecular weight is 216 g/mol. The molecule has 1 heteroatoms. The largest absolute Gasteiger partial charge is 0.508 e. The summed E-state index contributed by atoms with van der Waals surface area (Å²) in [5.74, 6) is 7.34. The predicted octanol–water partition coefficient (Wildman–Crippen LogP) is 3.83. The maximum atomic E-state index is 9.66. The molecule has 1 aromatic rings. The molecule has 0 bridgehead atoms. The maximum Gasteiger partial charge on any atom is 0.117 e. The van der Waals surface area contributed by atoms with Crippen molar-refractivity contribution in [2.45, 2.75) is 40.5 Å². The van der Waals surface area contributed by atoms with Crippen LogP contribution >= 0.6 is 0 Å². The second kappa shape index (κ2) is 5.07. The van der Waals surface area contributed by atoms with Gasteiger partial charge in [-0.05, 0) is 36.1 Å². The number of phenols is 1. The van der Waals surface area contributed by atoms with Crippen LogP contribution in [0, 0.1) is 24.7 Å². The van der Waals surface area contributed by atoms with Crippen LogP contribution in [0.25, 0.3) is 0 Å². The van der Waals surface area contributed by atoms with Crippen molar-refractivity contribution in [2.24, 2.45) is 5.92 Å². The van der Waals surface area contributed by atoms with Crippen LogP contribution in [0.15, 0.2) is 12.1 Å². The zero-order valence-electron chi connectivity index (χ0n) is 10.8. The van der Waals surface area contributed by atoms with E-state index in [1.807, 2.05) is 6.07 Å². The summed E-state index contributed by atoms with van der Waals surface area (Å²) in [6.07, 6.45) is 0. The number of hydrogen-bond acceptors (Lipinski definition) is 1. The topological polar surface area (TPSA) is 20.2 Å². The highest BCUT2D eigenvalue weighted by Gasteiger charge is 2.08. The van der Waals surface area contributed by atoms with Gasteiger partial charge in [-0.1, -0.05) is 39.5 Å². The smallest absolute Gasteiger partial charge is 0.117 e. The van der Waals surface area contributed by atoms with Gasteiger partial charge in [0.25, 0.3) is 0 Å². The van der Waals surface area contributed by atoms with E-state index in [1.54, 1.807) is 6.07 Å². The molecule has 0 saturated heterocycles. The summed E-state index contributed by atoms with van der Waals surface area (Å²) >= 11 is 0. The minimum Gasteiger partial charge on any atom is -0.508 e. The van der Waals surface area contributed by atoms with Gasteiger partial charge in [-0.15, -0.1) is 0 Å². The molecule has 0 fully saturated rings. The summed E-state index contributed by atoms with van der Waals surface area (Å²) in [4.78, 5) is 0. The van der Waals surface area contributed by atoms with Gasteiger partial charge in [-0.25, -0.2) is 0 Å². The molecule has 1 rings (SSSR count). The summed E-state index contributed by atoms with van der Waals surface area (Å²) in [5.41, 5.74) is 3.30. The van der Waals surface area contributed by atoms with Gasteiger partial charge >= 0.3 is 0 Å². The van der Waals surface area contributed by atoms with Gasteiger partial charge in [0.2, 0.25) is 0 Å². The molecule has 0 aliphatic heterocycles. The summed E-state index contributed by atoms with van der Waals surface area (Å²) in [6.45, 7) is 10.4. The number of aromatic hydroxyl groups is 1. The van der Waals surface area contributed by atoms with Crippen molar-refractivity contribution < 1.29 is 5.11 Å². The van der Waals surface area contributed by atoms with Gasteiger partial charge in [0.15, 0.2) is 0 Å². The van der Waals surface area contributed by atoms with E-state index in [0.717, 1.165) is 5.56 Å². The Morgan fingerprint density at radius 2 is 1.75 bits per heavy atom. The molecule has 0 aliphatic rings. The lowest BCUT2D eigenvalue weighted by atomic mass is 9.94. The molecule has 0 amide bonds. The summed E-state index contributed by atoms with van der Waals surface area (Å²) in [6, 6.07) is 3.58. The first-order valence-electron chi connectivity index (χ1n) is 5.77. The van der Waals surface area contributed by atoms with E-state index >= 15 is 0 Å². The molecule has 0 aromatic heterocycles. The van der Waals surface area contributed by atoms with E-state index in [1.165, 1.54) is 11.1 Å². The molecule has 0 aliphatic carbocycles. The fraction of sp³-hybridized carbons (Fsp3) is 0.467. The van der Waals surface area contributed by atoms with Crippen molar-refractivity contribution in [2.75, 3.05) is 0 Å². The number of phenolic OH excluding ortho intramolecular Hbond substituents is 1. The third-order valence-corrected chi connectivity index (χ3v) is 2.55. The number of hydrogen-bond donors (Lipinski definition) is 1. The maximum absolute atomic E-state index is 9.66. The minimum absolute atomic E-state index is 0.308. The lowest BCUT2D eigenvalue weighted by molar-refractivity contribution is 0.473. The van der Waals surface area contributed by atoms with Crippen LogP contribution in [-0.4, -0.2) is 5.11 Å². The molecule has 1 aromatic carbocycles. The molecular formula is C15H20O. The summed E-state index contributed by atoms with van der Waals surface area (Å²) in [5, 5.41) is 9.66. The predicted molar refractivity (Wildman–Crippen MR) is 68.6 cm³/mol. The van der Waals surface area contributed by atoms with Crippen LogP contribution in [0.3, 0.4) is 0 Å². The first-order valence-corrected chi connectivity index (χ1v) is 5.77. The first-order chi connectivity index (χ1) is 7.41. The van der Waals surface area contributed by atoms with Crippen molar-refractivity contribution in [3.05, 3.63) is 28.8 Å². The third kappa shape index (κ3) is 3.03. The highest BCUT2D eigenvalue weighted by atomic mass is 16.3. The van der Waals surface area contributed by atoms with E-state index in [2.05, 4.69) is 46.5 Å². The second-order valence-corrected chi connectivity index (χ2v) is 4.79. The van der Waals surface area contributed by atoms with Crippen LogP contribution in [0.5, 0.6) is 5.75 Å². The van der Waals surface area contributed by atoms with E-state index in [9.17, 15) is 5.11 Å². The monoisotopic (exact) mass is 216 g/mol. The molecule has 1 N–H and O–H groups in total. The van der Waals surface area contributed by atoms with Gasteiger partial charge in [-0.2, -0.15) is 0 Å². The molecule has 0 heterocycles. The van der Waals surface area contributed by atoms with Crippen molar-refractivity contribution in [3.63, 3.8) is 0 Å². The van der Waals surface area contributed by atoms with Crippen molar-refractivity contribution in [1.82, 2.24) is 0 Å². The Balaban J connectivity index is 3.26. The molecule has 16 heavy (non-hydrogen) atoms. The zero-order valence-corrected chi connectivity index (χ0v) is 10.8. The quantitative estimate of drug-likeness (QED) is 0.707. The second-order valence-electron chi connectivity index (χ2n) is 4.79. The zero-order chi connectivity index (χ0) is 12.3. The number of rotatable bonds is 1. The Hall–Kier alpha value is -1.42. The Morgan fingerprint density at radius 1 is 1.12 bits per heavy atom. The highest BCUT2D eigenvalue weighted by molar-refractivity contribution is 5.50. The van der Waals surface area contributed by atoms with Crippen molar-refractivity contribution >= 4 is 0 Å². The normalized spacial score (nSPS) is 10.4. The number of benzene rings is 1. The Morgan fingerprint density at radius 3 is 2.25 bits per heavy atom. The Bertz CT molecular complexity index is 431. The lowest BCUT2D eigenvalue weighted by Gasteiger charge is -2.12. The highest BCUT2D eigenvalue weighted by Crippen LogP contribution is 2.26. The molecule has 0 saturated carbocycles. The van der Waals surface area contributed by atoms with Crippen molar-refractivity contribution in [1.29, 1.82) is 0 Å². The Labute approximate surface area is 98.5 Å². The van der Waals surface area contributed by atoms with E-state index in [0.29, 0.717) is 17.6 Å². The van der Waals surface area contributed by atoms with Crippen LogP contribution in [0.1, 0.15) is 50.3 Å². The van der Waals surface area contributed by atoms with Gasteiger partial charge in [0.1, 0.15) is 5.75 Å². The molecule has 0 spiro atoms. The summed E-state index contributed by atoms with van der Waals surface area (Å²) < 4.78 is 0. The SMILES string of the molecule is Cc1c(C#CC(C)C)cc(O)cc1C(C)C. The molecule has 0 unspecified atom stereocenters. The van der Waals surface area contributed by atoms with Crippen LogP contribution in [0.2, 0.25) is 0 Å². The van der Waals surface area contributed by atoms with Crippen LogP contribution in [-0.2, 0) is 0 Å². The van der Waals surface area contributed by atoms with Crippen molar-refractivity contribution in [3.8, 4) is 17.6 Å². The standard InChI is InChI=1S/C15H20O/c1-10(2)6-7-13-8-14(16)9-15(11(3)4)12(13)5/h8-11,16H,1-5H3. The van der Waals surface area contributed by atoms with Gasteiger partial charge in [0, 0.05) is 11.5 Å². The van der Waals surface area contributed by atoms with Gasteiger partial charge < -0.3 is 5.11 Å². The van der Waals surface area contributed by atoms with E-state index in [-0.39, 0.29) is 0 Å². The minimum atomic E-state index is 0.308. The van der Waals surface area contributed by atoms with Gasteiger partial charge in [-0.3, -0.25) is 0 Å². The van der Waals surface area contributed by atoms with Crippen LogP contribution in [0.4, 0.5) is 0 Å². The third-order valence-electron chi connectivity index (χ3n) is 2.55. The molecule has 86 valence electrons. The molecular weight excluding hydrogens is 196 g/mol. The Kier molecular flexibility index (Phi) is 4.01. The van der Waals surface area contributed by atoms with Crippen LogP contribution < -0.4 is 0 Å².